The standard InChI is InChI=1S/C18H26N4O2/c1-13(16-20-17(21-24-16)18(2,3)4)19-14-6-5-7-15(12-14)22-8-10-23-11-9-22/h5-7,12-13,19H,8-11H2,1-4H3. The molecule has 6 heteroatoms. The molecule has 0 aliphatic carbocycles. The van der Waals surface area contributed by atoms with Gasteiger partial charge in [0.25, 0.3) is 0 Å². The maximum absolute atomic E-state index is 5.42. The minimum Gasteiger partial charge on any atom is -0.378 e. The summed E-state index contributed by atoms with van der Waals surface area (Å²) in [5.74, 6) is 1.34. The van der Waals surface area contributed by atoms with Crippen molar-refractivity contribution in [3.63, 3.8) is 0 Å². The molecule has 0 saturated carbocycles. The summed E-state index contributed by atoms with van der Waals surface area (Å²) in [6.45, 7) is 11.7. The van der Waals surface area contributed by atoms with Crippen molar-refractivity contribution in [2.45, 2.75) is 39.2 Å². The van der Waals surface area contributed by atoms with Crippen LogP contribution in [0.5, 0.6) is 0 Å². The zero-order valence-corrected chi connectivity index (χ0v) is 14.9. The van der Waals surface area contributed by atoms with Crippen LogP contribution in [0.3, 0.4) is 0 Å². The fourth-order valence-electron chi connectivity index (χ4n) is 2.64. The molecule has 2 heterocycles. The molecule has 1 N–H and O–H groups in total. The van der Waals surface area contributed by atoms with E-state index < -0.39 is 0 Å². The van der Waals surface area contributed by atoms with E-state index >= 15 is 0 Å². The number of rotatable bonds is 4. The van der Waals surface area contributed by atoms with Gasteiger partial charge in [-0.3, -0.25) is 0 Å². The number of ether oxygens (including phenoxy) is 1. The van der Waals surface area contributed by atoms with Gasteiger partial charge < -0.3 is 19.5 Å². The number of nitrogens with zero attached hydrogens (tertiary/aromatic N) is 3. The average molecular weight is 330 g/mol. The van der Waals surface area contributed by atoms with E-state index in [0.29, 0.717) is 5.89 Å². The van der Waals surface area contributed by atoms with Gasteiger partial charge in [-0.2, -0.15) is 4.98 Å². The van der Waals surface area contributed by atoms with E-state index in [1.54, 1.807) is 0 Å². The van der Waals surface area contributed by atoms with Crippen LogP contribution in [0, 0.1) is 0 Å². The number of hydrogen-bond donors (Lipinski definition) is 1. The number of benzene rings is 1. The molecule has 0 spiro atoms. The van der Waals surface area contributed by atoms with Crippen molar-refractivity contribution in [1.29, 1.82) is 0 Å². The Balaban J connectivity index is 1.70. The van der Waals surface area contributed by atoms with Crippen LogP contribution in [0.25, 0.3) is 0 Å². The zero-order chi connectivity index (χ0) is 17.2. The molecule has 1 atom stereocenters. The van der Waals surface area contributed by atoms with Gasteiger partial charge in [-0.25, -0.2) is 0 Å². The first kappa shape index (κ1) is 16.8. The van der Waals surface area contributed by atoms with Gasteiger partial charge in [0.2, 0.25) is 5.89 Å². The first-order valence-corrected chi connectivity index (χ1v) is 8.47. The summed E-state index contributed by atoms with van der Waals surface area (Å²) in [7, 11) is 0. The lowest BCUT2D eigenvalue weighted by atomic mass is 9.96. The number of hydrogen-bond acceptors (Lipinski definition) is 6. The zero-order valence-electron chi connectivity index (χ0n) is 14.9. The Morgan fingerprint density at radius 3 is 2.62 bits per heavy atom. The van der Waals surface area contributed by atoms with Crippen LogP contribution in [-0.2, 0) is 10.2 Å². The third-order valence-corrected chi connectivity index (χ3v) is 4.09. The Kier molecular flexibility index (Phi) is 4.76. The molecule has 2 aromatic rings. The van der Waals surface area contributed by atoms with E-state index in [0.717, 1.165) is 37.8 Å². The van der Waals surface area contributed by atoms with E-state index in [1.165, 1.54) is 5.69 Å². The van der Waals surface area contributed by atoms with Crippen LogP contribution >= 0.6 is 0 Å². The summed E-state index contributed by atoms with van der Waals surface area (Å²) in [5, 5.41) is 7.54. The van der Waals surface area contributed by atoms with Crippen molar-refractivity contribution in [2.75, 3.05) is 36.5 Å². The highest BCUT2D eigenvalue weighted by molar-refractivity contribution is 5.58. The SMILES string of the molecule is CC(Nc1cccc(N2CCOCC2)c1)c1nc(C(C)(C)C)no1. The van der Waals surface area contributed by atoms with Gasteiger partial charge >= 0.3 is 0 Å². The van der Waals surface area contributed by atoms with Crippen molar-refractivity contribution in [1.82, 2.24) is 10.1 Å². The molecule has 0 amide bonds. The lowest BCUT2D eigenvalue weighted by Gasteiger charge is -2.29. The van der Waals surface area contributed by atoms with E-state index in [-0.39, 0.29) is 11.5 Å². The quantitative estimate of drug-likeness (QED) is 0.927. The monoisotopic (exact) mass is 330 g/mol. The van der Waals surface area contributed by atoms with Crippen LogP contribution in [-0.4, -0.2) is 36.4 Å². The van der Waals surface area contributed by atoms with Crippen molar-refractivity contribution < 1.29 is 9.26 Å². The highest BCUT2D eigenvalue weighted by Gasteiger charge is 2.23. The minimum absolute atomic E-state index is 0.0476. The summed E-state index contributed by atoms with van der Waals surface area (Å²) in [6.07, 6.45) is 0. The Morgan fingerprint density at radius 1 is 1.21 bits per heavy atom. The fraction of sp³-hybridized carbons (Fsp3) is 0.556. The Morgan fingerprint density at radius 2 is 1.96 bits per heavy atom. The van der Waals surface area contributed by atoms with Gasteiger partial charge in [0.15, 0.2) is 5.82 Å². The average Bonchev–Trinajstić information content (AvgIpc) is 3.06. The second-order valence-corrected chi connectivity index (χ2v) is 7.22. The molecule has 1 aromatic carbocycles. The molecule has 1 unspecified atom stereocenters. The smallest absolute Gasteiger partial charge is 0.248 e. The molecule has 1 aliphatic heterocycles. The van der Waals surface area contributed by atoms with Gasteiger partial charge in [0, 0.05) is 29.9 Å². The summed E-state index contributed by atoms with van der Waals surface area (Å²) >= 11 is 0. The normalized spacial score (nSPS) is 16.9. The maximum Gasteiger partial charge on any atom is 0.248 e. The predicted molar refractivity (Wildman–Crippen MR) is 94.5 cm³/mol. The molecular formula is C18H26N4O2. The third kappa shape index (κ3) is 3.87. The van der Waals surface area contributed by atoms with Gasteiger partial charge in [-0.15, -0.1) is 0 Å². The molecule has 1 aromatic heterocycles. The van der Waals surface area contributed by atoms with E-state index in [1.807, 2.05) is 6.92 Å². The topological polar surface area (TPSA) is 63.4 Å². The summed E-state index contributed by atoms with van der Waals surface area (Å²) in [5.41, 5.74) is 2.14. The van der Waals surface area contributed by atoms with Crippen LogP contribution in [0.4, 0.5) is 11.4 Å². The molecule has 6 nitrogen and oxygen atoms in total. The molecule has 1 saturated heterocycles. The molecule has 0 radical (unpaired) electrons. The van der Waals surface area contributed by atoms with E-state index in [9.17, 15) is 0 Å². The van der Waals surface area contributed by atoms with E-state index in [4.69, 9.17) is 9.26 Å². The van der Waals surface area contributed by atoms with Crippen molar-refractivity contribution in [3.8, 4) is 0 Å². The highest BCUT2D eigenvalue weighted by Crippen LogP contribution is 2.25. The second-order valence-electron chi connectivity index (χ2n) is 7.22. The van der Waals surface area contributed by atoms with E-state index in [2.05, 4.69) is 65.4 Å². The van der Waals surface area contributed by atoms with Gasteiger partial charge in [0.05, 0.1) is 13.2 Å². The summed E-state index contributed by atoms with van der Waals surface area (Å²) in [6, 6.07) is 8.36. The molecule has 24 heavy (non-hydrogen) atoms. The molecular weight excluding hydrogens is 304 g/mol. The van der Waals surface area contributed by atoms with Gasteiger partial charge in [-0.05, 0) is 25.1 Å². The number of anilines is 2. The third-order valence-electron chi connectivity index (χ3n) is 4.09. The second kappa shape index (κ2) is 6.81. The summed E-state index contributed by atoms with van der Waals surface area (Å²) < 4.78 is 10.8. The largest absolute Gasteiger partial charge is 0.378 e. The van der Waals surface area contributed by atoms with Gasteiger partial charge in [-0.1, -0.05) is 32.0 Å². The lowest BCUT2D eigenvalue weighted by Crippen LogP contribution is -2.36. The predicted octanol–water partition coefficient (Wildman–Crippen LogP) is 3.38. The number of nitrogens with one attached hydrogen (secondary N) is 1. The van der Waals surface area contributed by atoms with Crippen LogP contribution in [0.2, 0.25) is 0 Å². The minimum atomic E-state index is -0.113. The number of morpholine rings is 1. The lowest BCUT2D eigenvalue weighted by molar-refractivity contribution is 0.122. The van der Waals surface area contributed by atoms with Crippen LogP contribution < -0.4 is 10.2 Å². The first-order chi connectivity index (χ1) is 11.4. The summed E-state index contributed by atoms with van der Waals surface area (Å²) in [4.78, 5) is 6.86. The van der Waals surface area contributed by atoms with Crippen molar-refractivity contribution in [2.24, 2.45) is 0 Å². The van der Waals surface area contributed by atoms with Gasteiger partial charge in [0.1, 0.15) is 6.04 Å². The highest BCUT2D eigenvalue weighted by atomic mass is 16.5. The first-order valence-electron chi connectivity index (χ1n) is 8.47. The molecule has 1 fully saturated rings. The fourth-order valence-corrected chi connectivity index (χ4v) is 2.64. The number of aromatic nitrogens is 2. The van der Waals surface area contributed by atoms with Crippen LogP contribution in [0.15, 0.2) is 28.8 Å². The Labute approximate surface area is 143 Å². The molecule has 0 bridgehead atoms. The molecule has 1 aliphatic rings. The van der Waals surface area contributed by atoms with Crippen molar-refractivity contribution in [3.05, 3.63) is 36.0 Å². The van der Waals surface area contributed by atoms with Crippen LogP contribution in [0.1, 0.15) is 45.5 Å². The maximum atomic E-state index is 5.42. The Bertz CT molecular complexity index is 672. The molecule has 3 rings (SSSR count). The van der Waals surface area contributed by atoms with Crippen molar-refractivity contribution >= 4 is 11.4 Å². The Hall–Kier alpha value is -2.08. The molecule has 130 valence electrons.